The Morgan fingerprint density at radius 3 is 2.62 bits per heavy atom. The third kappa shape index (κ3) is 4.02. The minimum Gasteiger partial charge on any atom is -0.463 e. The predicted molar refractivity (Wildman–Crippen MR) is 78.9 cm³/mol. The van der Waals surface area contributed by atoms with Crippen LogP contribution in [0.3, 0.4) is 0 Å². The number of aryl methyl sites for hydroxylation is 1. The van der Waals surface area contributed by atoms with Crippen molar-refractivity contribution in [3.8, 4) is 17.3 Å². The molecule has 0 spiro atoms. The maximum atomic E-state index is 11.6. The molecule has 5 nitrogen and oxygen atoms in total. The standard InChI is InChI=1S/C16H18N2O3/c1-4-20-16(19)12(3)21-14-10-11(2)17-15(18-14)13-8-6-5-7-9-13/h5-10,12H,4H2,1-3H3. The van der Waals surface area contributed by atoms with Gasteiger partial charge >= 0.3 is 5.97 Å². The van der Waals surface area contributed by atoms with E-state index in [4.69, 9.17) is 9.47 Å². The van der Waals surface area contributed by atoms with E-state index in [1.807, 2.05) is 37.3 Å². The summed E-state index contributed by atoms with van der Waals surface area (Å²) in [7, 11) is 0. The van der Waals surface area contributed by atoms with E-state index in [-0.39, 0.29) is 0 Å². The molecule has 0 N–H and O–H groups in total. The van der Waals surface area contributed by atoms with Gasteiger partial charge in [0.2, 0.25) is 5.88 Å². The van der Waals surface area contributed by atoms with Crippen molar-refractivity contribution in [2.75, 3.05) is 6.61 Å². The van der Waals surface area contributed by atoms with Gasteiger partial charge in [0.25, 0.3) is 0 Å². The van der Waals surface area contributed by atoms with Crippen molar-refractivity contribution in [3.05, 3.63) is 42.1 Å². The van der Waals surface area contributed by atoms with Crippen LogP contribution in [0.2, 0.25) is 0 Å². The Morgan fingerprint density at radius 2 is 1.95 bits per heavy atom. The van der Waals surface area contributed by atoms with Gasteiger partial charge in [0, 0.05) is 17.3 Å². The zero-order valence-electron chi connectivity index (χ0n) is 12.4. The number of carbonyl (C=O) groups excluding carboxylic acids is 1. The molecule has 1 aromatic carbocycles. The summed E-state index contributed by atoms with van der Waals surface area (Å²) in [6.45, 7) is 5.57. The Bertz CT molecular complexity index is 614. The van der Waals surface area contributed by atoms with E-state index >= 15 is 0 Å². The van der Waals surface area contributed by atoms with Crippen molar-refractivity contribution in [1.29, 1.82) is 0 Å². The van der Waals surface area contributed by atoms with E-state index in [9.17, 15) is 4.79 Å². The molecule has 5 heteroatoms. The lowest BCUT2D eigenvalue weighted by Crippen LogP contribution is -2.26. The number of carbonyl (C=O) groups is 1. The molecule has 0 aliphatic heterocycles. The van der Waals surface area contributed by atoms with E-state index in [0.717, 1.165) is 11.3 Å². The largest absolute Gasteiger partial charge is 0.463 e. The maximum absolute atomic E-state index is 11.6. The molecule has 0 aliphatic rings. The molecule has 1 unspecified atom stereocenters. The van der Waals surface area contributed by atoms with E-state index in [1.54, 1.807) is 19.9 Å². The molecule has 0 fully saturated rings. The summed E-state index contributed by atoms with van der Waals surface area (Å²) in [5.41, 5.74) is 1.67. The van der Waals surface area contributed by atoms with Crippen LogP contribution in [0.5, 0.6) is 5.88 Å². The van der Waals surface area contributed by atoms with Crippen LogP contribution in [0.4, 0.5) is 0 Å². The summed E-state index contributed by atoms with van der Waals surface area (Å²) in [5.74, 6) is 0.526. The molecule has 110 valence electrons. The highest BCUT2D eigenvalue weighted by molar-refractivity contribution is 5.74. The fourth-order valence-electron chi connectivity index (χ4n) is 1.81. The first-order chi connectivity index (χ1) is 10.1. The van der Waals surface area contributed by atoms with Gasteiger partial charge in [0.15, 0.2) is 11.9 Å². The normalized spacial score (nSPS) is 11.8. The van der Waals surface area contributed by atoms with Crippen molar-refractivity contribution in [2.45, 2.75) is 26.9 Å². The number of hydrogen-bond acceptors (Lipinski definition) is 5. The Morgan fingerprint density at radius 1 is 1.24 bits per heavy atom. The van der Waals surface area contributed by atoms with Gasteiger partial charge in [-0.15, -0.1) is 0 Å². The predicted octanol–water partition coefficient (Wildman–Crippen LogP) is 2.78. The highest BCUT2D eigenvalue weighted by Gasteiger charge is 2.17. The molecule has 2 rings (SSSR count). The van der Waals surface area contributed by atoms with Crippen molar-refractivity contribution in [3.63, 3.8) is 0 Å². The van der Waals surface area contributed by atoms with Gasteiger partial charge in [-0.1, -0.05) is 30.3 Å². The van der Waals surface area contributed by atoms with Crippen LogP contribution in [0, 0.1) is 6.92 Å². The number of rotatable bonds is 5. The summed E-state index contributed by atoms with van der Waals surface area (Å²) >= 11 is 0. The van der Waals surface area contributed by atoms with E-state index in [2.05, 4.69) is 9.97 Å². The van der Waals surface area contributed by atoms with Crippen LogP contribution in [0.15, 0.2) is 36.4 Å². The molecular formula is C16H18N2O3. The molecule has 1 heterocycles. The SMILES string of the molecule is CCOC(=O)C(C)Oc1cc(C)nc(-c2ccccc2)n1. The quantitative estimate of drug-likeness (QED) is 0.791. The smallest absolute Gasteiger partial charge is 0.347 e. The number of ether oxygens (including phenoxy) is 2. The lowest BCUT2D eigenvalue weighted by atomic mass is 10.2. The highest BCUT2D eigenvalue weighted by atomic mass is 16.6. The molecule has 2 aromatic rings. The first-order valence-corrected chi connectivity index (χ1v) is 6.84. The summed E-state index contributed by atoms with van der Waals surface area (Å²) in [6.07, 6.45) is -0.706. The van der Waals surface area contributed by atoms with E-state index in [1.165, 1.54) is 0 Å². The second kappa shape index (κ2) is 6.83. The zero-order chi connectivity index (χ0) is 15.2. The second-order valence-corrected chi connectivity index (χ2v) is 4.55. The number of benzene rings is 1. The monoisotopic (exact) mass is 286 g/mol. The molecule has 0 bridgehead atoms. The first-order valence-electron chi connectivity index (χ1n) is 6.84. The van der Waals surface area contributed by atoms with Crippen LogP contribution in [-0.4, -0.2) is 28.6 Å². The summed E-state index contributed by atoms with van der Waals surface area (Å²) < 4.78 is 10.5. The third-order valence-electron chi connectivity index (χ3n) is 2.78. The van der Waals surface area contributed by atoms with Gasteiger partial charge in [-0.2, -0.15) is 4.98 Å². The molecule has 1 atom stereocenters. The lowest BCUT2D eigenvalue weighted by Gasteiger charge is -2.13. The van der Waals surface area contributed by atoms with Gasteiger partial charge < -0.3 is 9.47 Å². The number of nitrogens with zero attached hydrogens (tertiary/aromatic N) is 2. The molecule has 0 saturated heterocycles. The Hall–Kier alpha value is -2.43. The van der Waals surface area contributed by atoms with Crippen molar-refractivity contribution in [1.82, 2.24) is 9.97 Å². The van der Waals surface area contributed by atoms with Crippen molar-refractivity contribution >= 4 is 5.97 Å². The van der Waals surface area contributed by atoms with E-state index in [0.29, 0.717) is 18.3 Å². The number of aromatic nitrogens is 2. The minimum atomic E-state index is -0.706. The molecule has 21 heavy (non-hydrogen) atoms. The molecule has 0 aliphatic carbocycles. The highest BCUT2D eigenvalue weighted by Crippen LogP contribution is 2.19. The zero-order valence-corrected chi connectivity index (χ0v) is 12.4. The van der Waals surface area contributed by atoms with Gasteiger partial charge in [0.1, 0.15) is 0 Å². The van der Waals surface area contributed by atoms with Crippen LogP contribution in [0.1, 0.15) is 19.5 Å². The Labute approximate surface area is 124 Å². The second-order valence-electron chi connectivity index (χ2n) is 4.55. The van der Waals surface area contributed by atoms with E-state index < -0.39 is 12.1 Å². The third-order valence-corrected chi connectivity index (χ3v) is 2.78. The first kappa shape index (κ1) is 15.0. The Kier molecular flexibility index (Phi) is 4.87. The lowest BCUT2D eigenvalue weighted by molar-refractivity contribution is -0.150. The Balaban J connectivity index is 2.22. The summed E-state index contributed by atoms with van der Waals surface area (Å²) in [4.78, 5) is 20.3. The molecule has 0 radical (unpaired) electrons. The number of esters is 1. The topological polar surface area (TPSA) is 61.3 Å². The molecule has 1 aromatic heterocycles. The average Bonchev–Trinajstić information content (AvgIpc) is 2.47. The number of hydrogen-bond donors (Lipinski definition) is 0. The maximum Gasteiger partial charge on any atom is 0.347 e. The summed E-state index contributed by atoms with van der Waals surface area (Å²) in [5, 5.41) is 0. The average molecular weight is 286 g/mol. The van der Waals surface area contributed by atoms with Gasteiger partial charge in [-0.05, 0) is 20.8 Å². The van der Waals surface area contributed by atoms with Crippen LogP contribution in [0.25, 0.3) is 11.4 Å². The van der Waals surface area contributed by atoms with Crippen LogP contribution in [-0.2, 0) is 9.53 Å². The van der Waals surface area contributed by atoms with Crippen LogP contribution < -0.4 is 4.74 Å². The fraction of sp³-hybridized carbons (Fsp3) is 0.312. The molecule has 0 amide bonds. The van der Waals surface area contributed by atoms with Crippen LogP contribution >= 0.6 is 0 Å². The molecular weight excluding hydrogens is 268 g/mol. The molecule has 0 saturated carbocycles. The van der Waals surface area contributed by atoms with Crippen molar-refractivity contribution in [2.24, 2.45) is 0 Å². The van der Waals surface area contributed by atoms with Gasteiger partial charge in [-0.3, -0.25) is 0 Å². The fourth-order valence-corrected chi connectivity index (χ4v) is 1.81. The minimum absolute atomic E-state index is 0.324. The summed E-state index contributed by atoms with van der Waals surface area (Å²) in [6, 6.07) is 11.3. The van der Waals surface area contributed by atoms with Gasteiger partial charge in [-0.25, -0.2) is 9.78 Å². The van der Waals surface area contributed by atoms with Crippen molar-refractivity contribution < 1.29 is 14.3 Å². The van der Waals surface area contributed by atoms with Gasteiger partial charge in [0.05, 0.1) is 6.61 Å².